The number of hydrogen-bond acceptors (Lipinski definition) is 5. The molecule has 4 rings (SSSR count). The van der Waals surface area contributed by atoms with E-state index in [9.17, 15) is 18.8 Å². The van der Waals surface area contributed by atoms with Crippen LogP contribution < -0.4 is 9.64 Å². The van der Waals surface area contributed by atoms with Gasteiger partial charge in [0.25, 0.3) is 5.91 Å². The quantitative estimate of drug-likeness (QED) is 0.250. The van der Waals surface area contributed by atoms with Crippen molar-refractivity contribution >= 4 is 35.2 Å². The van der Waals surface area contributed by atoms with E-state index in [1.807, 2.05) is 51.1 Å². The zero-order valence-corrected chi connectivity index (χ0v) is 27.2. The van der Waals surface area contributed by atoms with Gasteiger partial charge in [-0.2, -0.15) is 0 Å². The summed E-state index contributed by atoms with van der Waals surface area (Å²) < 4.78 is 25.7. The number of benzene rings is 3. The number of amides is 3. The maximum atomic E-state index is 14.5. The molecule has 0 aromatic heterocycles. The first kappa shape index (κ1) is 33.5. The summed E-state index contributed by atoms with van der Waals surface area (Å²) in [6, 6.07) is 18.8. The predicted octanol–water partition coefficient (Wildman–Crippen LogP) is 7.61. The lowest BCUT2D eigenvalue weighted by atomic mass is 10.00. The number of alkyl halides is 1. The molecule has 1 saturated heterocycles. The predicted molar refractivity (Wildman–Crippen MR) is 173 cm³/mol. The van der Waals surface area contributed by atoms with Crippen LogP contribution in [0.1, 0.15) is 51.8 Å². The molecule has 0 spiro atoms. The van der Waals surface area contributed by atoms with E-state index in [1.165, 1.54) is 29.2 Å². The largest absolute Gasteiger partial charge is 0.457 e. The third kappa shape index (κ3) is 8.22. The maximum absolute atomic E-state index is 14.5. The van der Waals surface area contributed by atoms with E-state index in [-0.39, 0.29) is 19.6 Å². The Morgan fingerprint density at radius 2 is 1.62 bits per heavy atom. The van der Waals surface area contributed by atoms with Crippen LogP contribution in [0.25, 0.3) is 0 Å². The number of ether oxygens (including phenoxy) is 2. The van der Waals surface area contributed by atoms with Gasteiger partial charge in [-0.3, -0.25) is 19.4 Å². The highest BCUT2D eigenvalue weighted by molar-refractivity contribution is 6.30. The van der Waals surface area contributed by atoms with Gasteiger partial charge in [-0.15, -0.1) is 11.6 Å². The molecule has 0 N–H and O–H groups in total. The first-order chi connectivity index (χ1) is 21.3. The van der Waals surface area contributed by atoms with Crippen molar-refractivity contribution in [3.05, 3.63) is 101 Å². The average Bonchev–Trinajstić information content (AvgIpc) is 2.99. The standard InChI is InChI=1S/C35H39ClFN3O5/c1-23(2)30-22-38(18-19-39(30)34(43)45-35(4,5)6)33(42)32(25-12-14-26(37)15-13-25)40(31(41)21-36)29-17-16-28(20-24(29)3)44-27-10-8-7-9-11-27/h7-17,20,32H,18-19,21-22H2,1-6H3/t32-/m0/s1. The van der Waals surface area contributed by atoms with Gasteiger partial charge in [0.2, 0.25) is 5.91 Å². The molecule has 0 unspecified atom stereocenters. The Labute approximate surface area is 269 Å². The van der Waals surface area contributed by atoms with Crippen LogP contribution >= 0.6 is 11.6 Å². The summed E-state index contributed by atoms with van der Waals surface area (Å²) in [6.07, 6.45) is -0.492. The van der Waals surface area contributed by atoms with Crippen molar-refractivity contribution in [3.63, 3.8) is 0 Å². The van der Waals surface area contributed by atoms with E-state index in [1.54, 1.807) is 48.8 Å². The Hall–Kier alpha value is -4.37. The number of hydrogen-bond donors (Lipinski definition) is 0. The van der Waals surface area contributed by atoms with Gasteiger partial charge >= 0.3 is 6.09 Å². The minimum atomic E-state index is -1.16. The summed E-state index contributed by atoms with van der Waals surface area (Å²) in [5.74, 6) is -0.564. The van der Waals surface area contributed by atoms with Crippen molar-refractivity contribution in [2.24, 2.45) is 0 Å². The maximum Gasteiger partial charge on any atom is 0.414 e. The molecule has 3 aromatic rings. The van der Waals surface area contributed by atoms with E-state index in [0.717, 1.165) is 5.57 Å². The number of allylic oxidation sites excluding steroid dienone is 1. The number of carbonyl (C=O) groups excluding carboxylic acids is 3. The van der Waals surface area contributed by atoms with Crippen LogP contribution in [0.2, 0.25) is 0 Å². The molecular weight excluding hydrogens is 597 g/mol. The molecular formula is C35H39ClFN3O5. The van der Waals surface area contributed by atoms with Gasteiger partial charge in [0.05, 0.1) is 6.54 Å². The van der Waals surface area contributed by atoms with Gasteiger partial charge < -0.3 is 14.4 Å². The molecule has 1 aliphatic rings. The molecule has 1 fully saturated rings. The third-order valence-corrected chi connectivity index (χ3v) is 7.46. The summed E-state index contributed by atoms with van der Waals surface area (Å²) in [6.45, 7) is 11.4. The fourth-order valence-corrected chi connectivity index (χ4v) is 5.25. The summed E-state index contributed by atoms with van der Waals surface area (Å²) in [7, 11) is 0. The number of rotatable bonds is 7. The van der Waals surface area contributed by atoms with Crippen molar-refractivity contribution < 1.29 is 28.2 Å². The molecule has 0 aliphatic carbocycles. The molecule has 1 aliphatic heterocycles. The van der Waals surface area contributed by atoms with Crippen LogP contribution in [-0.4, -0.2) is 58.8 Å². The summed E-state index contributed by atoms with van der Waals surface area (Å²) in [4.78, 5) is 45.7. The van der Waals surface area contributed by atoms with Crippen molar-refractivity contribution in [3.8, 4) is 11.5 Å². The first-order valence-electron chi connectivity index (χ1n) is 14.7. The van der Waals surface area contributed by atoms with Gasteiger partial charge in [-0.25, -0.2) is 9.18 Å². The highest BCUT2D eigenvalue weighted by Crippen LogP contribution is 2.36. The number of nitrogens with zero attached hydrogens (tertiary/aromatic N) is 3. The van der Waals surface area contributed by atoms with Gasteiger partial charge in [-0.1, -0.05) is 35.9 Å². The van der Waals surface area contributed by atoms with Gasteiger partial charge in [0, 0.05) is 24.5 Å². The van der Waals surface area contributed by atoms with Crippen LogP contribution in [0.15, 0.2) is 84.1 Å². The van der Waals surface area contributed by atoms with Gasteiger partial charge in [0.1, 0.15) is 34.8 Å². The molecule has 238 valence electrons. The molecule has 0 radical (unpaired) electrons. The fourth-order valence-electron chi connectivity index (χ4n) is 5.12. The van der Waals surface area contributed by atoms with Gasteiger partial charge in [0.15, 0.2) is 0 Å². The van der Waals surface area contributed by atoms with E-state index < -0.39 is 41.2 Å². The second kappa shape index (κ2) is 14.2. The average molecular weight is 636 g/mol. The van der Waals surface area contributed by atoms with Crippen LogP contribution in [0.3, 0.4) is 0 Å². The van der Waals surface area contributed by atoms with Crippen molar-refractivity contribution in [1.82, 2.24) is 9.80 Å². The molecule has 0 bridgehead atoms. The Morgan fingerprint density at radius 1 is 0.956 bits per heavy atom. The number of aryl methyl sites for hydroxylation is 1. The zero-order valence-electron chi connectivity index (χ0n) is 26.5. The van der Waals surface area contributed by atoms with Gasteiger partial charge in [-0.05, 0) is 95.1 Å². The monoisotopic (exact) mass is 635 g/mol. The zero-order chi connectivity index (χ0) is 32.9. The Balaban J connectivity index is 1.73. The smallest absolute Gasteiger partial charge is 0.414 e. The third-order valence-electron chi connectivity index (χ3n) is 7.23. The number of anilines is 1. The number of halogens is 2. The lowest BCUT2D eigenvalue weighted by Gasteiger charge is -2.41. The van der Waals surface area contributed by atoms with Crippen LogP contribution in [0.5, 0.6) is 11.5 Å². The molecule has 0 saturated carbocycles. The SMILES string of the molecule is CC(C)=C1CN(C(=O)[C@H](c2ccc(F)cc2)N(C(=O)CCl)c2ccc(Oc3ccccc3)cc2C)CCN1C(=O)OC(C)(C)C. The van der Waals surface area contributed by atoms with Crippen molar-refractivity contribution in [2.45, 2.75) is 53.2 Å². The summed E-state index contributed by atoms with van der Waals surface area (Å²) >= 11 is 6.14. The summed E-state index contributed by atoms with van der Waals surface area (Å²) in [5.41, 5.74) is 2.33. The molecule has 1 heterocycles. The lowest BCUT2D eigenvalue weighted by Crippen LogP contribution is -2.54. The van der Waals surface area contributed by atoms with Crippen molar-refractivity contribution in [1.29, 1.82) is 0 Å². The first-order valence-corrected chi connectivity index (χ1v) is 15.2. The summed E-state index contributed by atoms with van der Waals surface area (Å²) in [5, 5.41) is 0. The molecule has 3 aromatic carbocycles. The van der Waals surface area contributed by atoms with Crippen molar-refractivity contribution in [2.75, 3.05) is 30.4 Å². The van der Waals surface area contributed by atoms with Crippen LogP contribution in [0, 0.1) is 12.7 Å². The topological polar surface area (TPSA) is 79.4 Å². The number of carbonyl (C=O) groups is 3. The molecule has 3 amide bonds. The fraction of sp³-hybridized carbons (Fsp3) is 0.343. The highest BCUT2D eigenvalue weighted by Gasteiger charge is 2.39. The van der Waals surface area contributed by atoms with Crippen LogP contribution in [-0.2, 0) is 14.3 Å². The van der Waals surface area contributed by atoms with Crippen LogP contribution in [0.4, 0.5) is 14.9 Å². The molecule has 10 heteroatoms. The molecule has 1 atom stereocenters. The lowest BCUT2D eigenvalue weighted by molar-refractivity contribution is -0.135. The van der Waals surface area contributed by atoms with E-state index in [4.69, 9.17) is 21.1 Å². The minimum absolute atomic E-state index is 0.115. The van der Waals surface area contributed by atoms with E-state index in [2.05, 4.69) is 0 Å². The number of para-hydroxylation sites is 1. The second-order valence-electron chi connectivity index (χ2n) is 12.1. The molecule has 8 nitrogen and oxygen atoms in total. The highest BCUT2D eigenvalue weighted by atomic mass is 35.5. The minimum Gasteiger partial charge on any atom is -0.457 e. The number of piperazine rings is 1. The van der Waals surface area contributed by atoms with E-state index >= 15 is 0 Å². The Kier molecular flexibility index (Phi) is 10.5. The Bertz CT molecular complexity index is 1570. The molecule has 45 heavy (non-hydrogen) atoms. The van der Waals surface area contributed by atoms with E-state index in [0.29, 0.717) is 34.0 Å². The normalized spacial score (nSPS) is 14.1. The Morgan fingerprint density at radius 3 is 2.20 bits per heavy atom. The second-order valence-corrected chi connectivity index (χ2v) is 12.3.